The zero-order chi connectivity index (χ0) is 14.7. The highest BCUT2D eigenvalue weighted by Crippen LogP contribution is 2.13. The summed E-state index contributed by atoms with van der Waals surface area (Å²) in [5, 5.41) is 6.56. The van der Waals surface area contributed by atoms with Crippen molar-refractivity contribution in [3.63, 3.8) is 0 Å². The van der Waals surface area contributed by atoms with Gasteiger partial charge in [0.1, 0.15) is 17.5 Å². The first-order valence-corrected chi connectivity index (χ1v) is 6.02. The maximum Gasteiger partial charge on any atom is 0.227 e. The number of H-pyrrole nitrogens is 1. The van der Waals surface area contributed by atoms with Gasteiger partial charge in [-0.1, -0.05) is 6.07 Å². The van der Waals surface area contributed by atoms with Crippen molar-refractivity contribution in [3.05, 3.63) is 47.0 Å². The Kier molecular flexibility index (Phi) is 4.07. The topological polar surface area (TPSA) is 61.9 Å². The van der Waals surface area contributed by atoms with Crippen LogP contribution in [-0.4, -0.2) is 33.0 Å². The summed E-state index contributed by atoms with van der Waals surface area (Å²) in [6.07, 6.45) is -0.335. The molecule has 0 spiro atoms. The fourth-order valence-electron chi connectivity index (χ4n) is 1.75. The second-order valence-corrected chi connectivity index (χ2v) is 4.46. The van der Waals surface area contributed by atoms with E-state index in [0.29, 0.717) is 11.6 Å². The fraction of sp³-hybridized carbons (Fsp3) is 0.308. The Bertz CT molecular complexity index is 606. The van der Waals surface area contributed by atoms with E-state index in [1.54, 1.807) is 6.92 Å². The van der Waals surface area contributed by atoms with Gasteiger partial charge in [0, 0.05) is 12.6 Å². The van der Waals surface area contributed by atoms with Gasteiger partial charge in [0.25, 0.3) is 0 Å². The summed E-state index contributed by atoms with van der Waals surface area (Å²) in [6, 6.07) is 3.52. The second kappa shape index (κ2) is 5.77. The highest BCUT2D eigenvalue weighted by molar-refractivity contribution is 5.78. The van der Waals surface area contributed by atoms with Crippen molar-refractivity contribution in [2.75, 3.05) is 7.05 Å². The highest BCUT2D eigenvalue weighted by atomic mass is 19.1. The zero-order valence-corrected chi connectivity index (χ0v) is 11.2. The number of aryl methyl sites for hydroxylation is 1. The monoisotopic (exact) mass is 280 g/mol. The van der Waals surface area contributed by atoms with Gasteiger partial charge in [-0.15, -0.1) is 0 Å². The number of likely N-dealkylation sites (N-methyl/N-ethyl adjacent to an activating group) is 1. The predicted molar refractivity (Wildman–Crippen MR) is 67.7 cm³/mol. The van der Waals surface area contributed by atoms with Gasteiger partial charge in [0.15, 0.2) is 5.82 Å². The number of halogens is 2. The Morgan fingerprint density at radius 3 is 2.55 bits per heavy atom. The van der Waals surface area contributed by atoms with Crippen LogP contribution in [0, 0.1) is 18.6 Å². The summed E-state index contributed by atoms with van der Waals surface area (Å²) in [4.78, 5) is 17.3. The van der Waals surface area contributed by atoms with E-state index in [-0.39, 0.29) is 18.5 Å². The number of nitrogens with zero attached hydrogens (tertiary/aromatic N) is 3. The quantitative estimate of drug-likeness (QED) is 0.925. The van der Waals surface area contributed by atoms with E-state index in [9.17, 15) is 13.6 Å². The molecule has 1 aromatic heterocycles. The van der Waals surface area contributed by atoms with Crippen molar-refractivity contribution < 1.29 is 13.6 Å². The summed E-state index contributed by atoms with van der Waals surface area (Å²) in [5.74, 6) is -0.759. The van der Waals surface area contributed by atoms with E-state index >= 15 is 0 Å². The van der Waals surface area contributed by atoms with Gasteiger partial charge in [0.05, 0.1) is 13.0 Å². The third-order valence-electron chi connectivity index (χ3n) is 2.84. The van der Waals surface area contributed by atoms with Gasteiger partial charge >= 0.3 is 0 Å². The SMILES string of the molecule is Cc1nc(CN(C)C(=O)Cc2c(F)cccc2F)n[nH]1. The third-order valence-corrected chi connectivity index (χ3v) is 2.84. The molecule has 0 unspecified atom stereocenters. The molecule has 2 aromatic rings. The molecular weight excluding hydrogens is 266 g/mol. The standard InChI is InChI=1S/C13H14F2N4O/c1-8-16-12(18-17-8)7-19(2)13(20)6-9-10(14)4-3-5-11(9)15/h3-5H,6-7H2,1-2H3,(H,16,17,18). The summed E-state index contributed by atoms with van der Waals surface area (Å²) in [6.45, 7) is 1.92. The second-order valence-electron chi connectivity index (χ2n) is 4.46. The maximum absolute atomic E-state index is 13.5. The largest absolute Gasteiger partial charge is 0.338 e. The van der Waals surface area contributed by atoms with Gasteiger partial charge in [-0.05, 0) is 19.1 Å². The molecule has 2 rings (SSSR count). The molecule has 0 radical (unpaired) electrons. The molecule has 0 atom stereocenters. The number of aromatic amines is 1. The molecule has 1 heterocycles. The van der Waals surface area contributed by atoms with Crippen LogP contribution in [-0.2, 0) is 17.8 Å². The Hall–Kier alpha value is -2.31. The molecule has 0 aliphatic heterocycles. The van der Waals surface area contributed by atoms with Crippen molar-refractivity contribution in [2.24, 2.45) is 0 Å². The molecule has 7 heteroatoms. The van der Waals surface area contributed by atoms with Crippen LogP contribution in [0.5, 0.6) is 0 Å². The molecule has 0 fully saturated rings. The Balaban J connectivity index is 2.04. The van der Waals surface area contributed by atoms with Crippen molar-refractivity contribution in [2.45, 2.75) is 19.9 Å². The number of rotatable bonds is 4. The molecule has 0 saturated carbocycles. The lowest BCUT2D eigenvalue weighted by molar-refractivity contribution is -0.129. The minimum atomic E-state index is -0.722. The maximum atomic E-state index is 13.5. The van der Waals surface area contributed by atoms with Crippen LogP contribution in [0.25, 0.3) is 0 Å². The number of carbonyl (C=O) groups is 1. The van der Waals surface area contributed by atoms with Crippen LogP contribution >= 0.6 is 0 Å². The van der Waals surface area contributed by atoms with Crippen molar-refractivity contribution >= 4 is 5.91 Å². The van der Waals surface area contributed by atoms with Crippen molar-refractivity contribution in [1.82, 2.24) is 20.1 Å². The molecule has 1 amide bonds. The van der Waals surface area contributed by atoms with Gasteiger partial charge in [-0.25, -0.2) is 13.8 Å². The number of hydrogen-bond acceptors (Lipinski definition) is 3. The fourth-order valence-corrected chi connectivity index (χ4v) is 1.75. The number of aromatic nitrogens is 3. The van der Waals surface area contributed by atoms with Crippen molar-refractivity contribution in [3.8, 4) is 0 Å². The van der Waals surface area contributed by atoms with Crippen LogP contribution in [0.1, 0.15) is 17.2 Å². The van der Waals surface area contributed by atoms with Crippen molar-refractivity contribution in [1.29, 1.82) is 0 Å². The Morgan fingerprint density at radius 2 is 2.00 bits per heavy atom. The number of carbonyl (C=O) groups excluding carboxylic acids is 1. The lowest BCUT2D eigenvalue weighted by atomic mass is 10.1. The third kappa shape index (κ3) is 3.17. The lowest BCUT2D eigenvalue weighted by Crippen LogP contribution is -2.28. The molecule has 1 N–H and O–H groups in total. The first-order valence-electron chi connectivity index (χ1n) is 6.02. The van der Waals surface area contributed by atoms with Crippen LogP contribution in [0.4, 0.5) is 8.78 Å². The normalized spacial score (nSPS) is 10.6. The number of benzene rings is 1. The average molecular weight is 280 g/mol. The van der Waals surface area contributed by atoms with Gasteiger partial charge < -0.3 is 4.90 Å². The Labute approximate surface area is 114 Å². The molecule has 5 nitrogen and oxygen atoms in total. The molecule has 0 saturated heterocycles. The molecule has 20 heavy (non-hydrogen) atoms. The number of hydrogen-bond donors (Lipinski definition) is 1. The highest BCUT2D eigenvalue weighted by Gasteiger charge is 2.17. The smallest absolute Gasteiger partial charge is 0.227 e. The number of nitrogens with one attached hydrogen (secondary N) is 1. The predicted octanol–water partition coefficient (Wildman–Crippen LogP) is 1.59. The summed E-state index contributed by atoms with van der Waals surface area (Å²) >= 11 is 0. The summed E-state index contributed by atoms with van der Waals surface area (Å²) in [7, 11) is 1.53. The van der Waals surface area contributed by atoms with Crippen LogP contribution in [0.3, 0.4) is 0 Å². The first kappa shape index (κ1) is 14.1. The van der Waals surface area contributed by atoms with Gasteiger partial charge in [-0.3, -0.25) is 9.89 Å². The zero-order valence-electron chi connectivity index (χ0n) is 11.2. The van der Waals surface area contributed by atoms with E-state index in [1.807, 2.05) is 0 Å². The molecular formula is C13H14F2N4O. The molecule has 0 aliphatic rings. The molecule has 1 aromatic carbocycles. The molecule has 106 valence electrons. The summed E-state index contributed by atoms with van der Waals surface area (Å²) < 4.78 is 26.9. The minimum absolute atomic E-state index is 0.180. The van der Waals surface area contributed by atoms with Gasteiger partial charge in [-0.2, -0.15) is 5.10 Å². The van der Waals surface area contributed by atoms with E-state index in [4.69, 9.17) is 0 Å². The van der Waals surface area contributed by atoms with E-state index < -0.39 is 17.5 Å². The van der Waals surface area contributed by atoms with Gasteiger partial charge in [0.2, 0.25) is 5.91 Å². The lowest BCUT2D eigenvalue weighted by Gasteiger charge is -2.15. The minimum Gasteiger partial charge on any atom is -0.338 e. The molecule has 0 bridgehead atoms. The van der Waals surface area contributed by atoms with Crippen LogP contribution in [0.2, 0.25) is 0 Å². The van der Waals surface area contributed by atoms with E-state index in [0.717, 1.165) is 12.1 Å². The van der Waals surface area contributed by atoms with E-state index in [2.05, 4.69) is 15.2 Å². The first-order chi connectivity index (χ1) is 9.47. The number of amides is 1. The van der Waals surface area contributed by atoms with Crippen LogP contribution < -0.4 is 0 Å². The van der Waals surface area contributed by atoms with E-state index in [1.165, 1.54) is 18.0 Å². The molecule has 0 aliphatic carbocycles. The Morgan fingerprint density at radius 1 is 1.35 bits per heavy atom. The average Bonchev–Trinajstić information content (AvgIpc) is 2.79. The summed E-state index contributed by atoms with van der Waals surface area (Å²) in [5.41, 5.74) is -0.226. The van der Waals surface area contributed by atoms with Crippen LogP contribution in [0.15, 0.2) is 18.2 Å².